The van der Waals surface area contributed by atoms with Gasteiger partial charge < -0.3 is 14.9 Å². The summed E-state index contributed by atoms with van der Waals surface area (Å²) in [7, 11) is -3.84. The molecule has 0 aromatic heterocycles. The van der Waals surface area contributed by atoms with E-state index in [1.807, 2.05) is 4.83 Å². The predicted octanol–water partition coefficient (Wildman–Crippen LogP) is 0.480. The van der Waals surface area contributed by atoms with E-state index in [1.165, 1.54) is 12.1 Å². The number of nitrogens with one attached hydrogen (secondary N) is 2. The van der Waals surface area contributed by atoms with Crippen LogP contribution in [-0.4, -0.2) is 33.6 Å². The second-order valence-electron chi connectivity index (χ2n) is 4.06. The molecule has 0 aliphatic rings. The molecule has 126 valence electrons. The largest absolute Gasteiger partial charge is 0.462 e. The van der Waals surface area contributed by atoms with Gasteiger partial charge in [-0.3, -0.25) is 0 Å². The molecule has 1 rings (SSSR count). The molecule has 9 heteroatoms. The fourth-order valence-corrected chi connectivity index (χ4v) is 2.30. The van der Waals surface area contributed by atoms with E-state index in [0.29, 0.717) is 0 Å². The Morgan fingerprint density at radius 2 is 1.57 bits per heavy atom. The Hall–Kier alpha value is -2.39. The zero-order valence-corrected chi connectivity index (χ0v) is 13.6. The molecule has 0 amide bonds. The van der Waals surface area contributed by atoms with Crippen molar-refractivity contribution in [2.75, 3.05) is 13.2 Å². The number of ether oxygens (including phenoxy) is 2. The van der Waals surface area contributed by atoms with Crippen LogP contribution in [0.25, 0.3) is 0 Å². The van der Waals surface area contributed by atoms with Gasteiger partial charge in [0.2, 0.25) is 0 Å². The summed E-state index contributed by atoms with van der Waals surface area (Å²) in [6.07, 6.45) is 0.885. The van der Waals surface area contributed by atoms with Crippen molar-refractivity contribution in [3.63, 3.8) is 0 Å². The number of benzene rings is 1. The normalized spacial score (nSPS) is 10.5. The van der Waals surface area contributed by atoms with Gasteiger partial charge in [-0.15, -0.1) is 4.83 Å². The third kappa shape index (κ3) is 5.72. The predicted molar refractivity (Wildman–Crippen MR) is 81.2 cm³/mol. The maximum atomic E-state index is 12.0. The Balaban J connectivity index is 2.85. The monoisotopic (exact) mass is 342 g/mol. The first-order valence-electron chi connectivity index (χ1n) is 6.79. The van der Waals surface area contributed by atoms with Crippen molar-refractivity contribution in [2.45, 2.75) is 18.7 Å². The lowest BCUT2D eigenvalue weighted by Crippen LogP contribution is -2.35. The van der Waals surface area contributed by atoms with Gasteiger partial charge in [-0.05, 0) is 26.0 Å². The number of sulfonamides is 1. The highest BCUT2D eigenvalue weighted by atomic mass is 32.2. The van der Waals surface area contributed by atoms with Gasteiger partial charge in [0.05, 0.1) is 18.1 Å². The molecule has 0 unspecified atom stereocenters. The minimum atomic E-state index is -3.84. The van der Waals surface area contributed by atoms with E-state index in [0.717, 1.165) is 6.20 Å². The summed E-state index contributed by atoms with van der Waals surface area (Å²) in [6.45, 7) is 3.27. The standard InChI is InChI=1S/C14H18N2O6S/c1-3-21-13(17)12(14(18)22-4-2)10-15-16-23(19,20)11-8-6-5-7-9-11/h5-10,15-16H,3-4H2,1-2H3. The highest BCUT2D eigenvalue weighted by molar-refractivity contribution is 7.89. The molecule has 1 aromatic rings. The van der Waals surface area contributed by atoms with E-state index in [4.69, 9.17) is 9.47 Å². The van der Waals surface area contributed by atoms with Crippen LogP contribution in [0.2, 0.25) is 0 Å². The fourth-order valence-electron chi connectivity index (χ4n) is 1.46. The van der Waals surface area contributed by atoms with Crippen molar-refractivity contribution in [2.24, 2.45) is 0 Å². The molecule has 8 nitrogen and oxygen atoms in total. The number of rotatable bonds is 8. The van der Waals surface area contributed by atoms with Crippen LogP contribution >= 0.6 is 0 Å². The van der Waals surface area contributed by atoms with E-state index in [2.05, 4.69) is 5.43 Å². The number of carbonyl (C=O) groups excluding carboxylic acids is 2. The maximum absolute atomic E-state index is 12.0. The van der Waals surface area contributed by atoms with Crippen LogP contribution in [0.1, 0.15) is 13.8 Å². The van der Waals surface area contributed by atoms with E-state index in [-0.39, 0.29) is 18.1 Å². The van der Waals surface area contributed by atoms with Gasteiger partial charge in [0, 0.05) is 6.20 Å². The number of hydrogen-bond donors (Lipinski definition) is 2. The molecule has 0 saturated carbocycles. The maximum Gasteiger partial charge on any atom is 0.347 e. The highest BCUT2D eigenvalue weighted by Gasteiger charge is 2.21. The Labute approximate surface area is 134 Å². The van der Waals surface area contributed by atoms with E-state index < -0.39 is 27.5 Å². The van der Waals surface area contributed by atoms with Gasteiger partial charge >= 0.3 is 11.9 Å². The second-order valence-corrected chi connectivity index (χ2v) is 5.74. The van der Waals surface area contributed by atoms with Crippen molar-refractivity contribution in [3.05, 3.63) is 42.1 Å². The van der Waals surface area contributed by atoms with Crippen LogP contribution in [-0.2, 0) is 29.1 Å². The quantitative estimate of drug-likeness (QED) is 0.232. The highest BCUT2D eigenvalue weighted by Crippen LogP contribution is 2.06. The summed E-state index contributed by atoms with van der Waals surface area (Å²) >= 11 is 0. The van der Waals surface area contributed by atoms with Crippen LogP contribution in [0.5, 0.6) is 0 Å². The number of hydrogen-bond acceptors (Lipinski definition) is 7. The van der Waals surface area contributed by atoms with Crippen LogP contribution in [0.3, 0.4) is 0 Å². The molecular formula is C14H18N2O6S. The van der Waals surface area contributed by atoms with Crippen LogP contribution in [0, 0.1) is 0 Å². The first kappa shape index (κ1) is 18.7. The van der Waals surface area contributed by atoms with Crippen molar-refractivity contribution in [1.29, 1.82) is 0 Å². The minimum absolute atomic E-state index is 0.0229. The summed E-state index contributed by atoms with van der Waals surface area (Å²) in [5.41, 5.74) is 1.75. The van der Waals surface area contributed by atoms with Crippen molar-refractivity contribution in [1.82, 2.24) is 10.3 Å². The molecule has 1 aromatic carbocycles. The summed E-state index contributed by atoms with van der Waals surface area (Å²) < 4.78 is 33.4. The molecule has 0 aliphatic heterocycles. The average molecular weight is 342 g/mol. The van der Waals surface area contributed by atoms with Gasteiger partial charge in [-0.2, -0.15) is 0 Å². The lowest BCUT2D eigenvalue weighted by Gasteiger charge is -2.09. The van der Waals surface area contributed by atoms with Gasteiger partial charge in [-0.25, -0.2) is 18.0 Å². The first-order valence-corrected chi connectivity index (χ1v) is 8.27. The lowest BCUT2D eigenvalue weighted by atomic mass is 10.3. The minimum Gasteiger partial charge on any atom is -0.462 e. The van der Waals surface area contributed by atoms with Crippen LogP contribution < -0.4 is 10.3 Å². The summed E-state index contributed by atoms with van der Waals surface area (Å²) in [6, 6.07) is 7.59. The van der Waals surface area contributed by atoms with Crippen molar-refractivity contribution < 1.29 is 27.5 Å². The van der Waals surface area contributed by atoms with Gasteiger partial charge in [-0.1, -0.05) is 18.2 Å². The smallest absolute Gasteiger partial charge is 0.347 e. The van der Waals surface area contributed by atoms with E-state index in [9.17, 15) is 18.0 Å². The molecule has 2 N–H and O–H groups in total. The molecule has 0 fully saturated rings. The first-order chi connectivity index (χ1) is 10.9. The Morgan fingerprint density at radius 1 is 1.04 bits per heavy atom. The van der Waals surface area contributed by atoms with Crippen LogP contribution in [0.15, 0.2) is 47.0 Å². The fraction of sp³-hybridized carbons (Fsp3) is 0.286. The zero-order valence-electron chi connectivity index (χ0n) is 12.7. The van der Waals surface area contributed by atoms with E-state index in [1.54, 1.807) is 32.0 Å². The molecule has 0 aliphatic carbocycles. The topological polar surface area (TPSA) is 111 Å². The number of hydrazine groups is 1. The summed E-state index contributed by atoms with van der Waals surface area (Å²) in [4.78, 5) is 25.4. The molecule has 23 heavy (non-hydrogen) atoms. The molecule has 0 atom stereocenters. The number of carbonyl (C=O) groups is 2. The number of esters is 2. The van der Waals surface area contributed by atoms with Gasteiger partial charge in [0.25, 0.3) is 10.0 Å². The van der Waals surface area contributed by atoms with Crippen LogP contribution in [0.4, 0.5) is 0 Å². The molecule has 0 spiro atoms. The molecule has 0 bridgehead atoms. The molecule has 0 heterocycles. The molecule has 0 saturated heterocycles. The van der Waals surface area contributed by atoms with Crippen molar-refractivity contribution >= 4 is 22.0 Å². The third-order valence-electron chi connectivity index (χ3n) is 2.45. The average Bonchev–Trinajstić information content (AvgIpc) is 2.52. The Kier molecular flexibility index (Phi) is 7.23. The third-order valence-corrected chi connectivity index (χ3v) is 3.73. The summed E-state index contributed by atoms with van der Waals surface area (Å²) in [5, 5.41) is 0. The zero-order chi connectivity index (χ0) is 17.3. The lowest BCUT2D eigenvalue weighted by molar-refractivity contribution is -0.146. The van der Waals surface area contributed by atoms with Gasteiger partial charge in [0.1, 0.15) is 0 Å². The van der Waals surface area contributed by atoms with Gasteiger partial charge in [0.15, 0.2) is 5.57 Å². The SMILES string of the molecule is CCOC(=O)C(=CNNS(=O)(=O)c1ccccc1)C(=O)OCC. The Bertz CT molecular complexity index is 650. The molecule has 0 radical (unpaired) electrons. The summed E-state index contributed by atoms with van der Waals surface area (Å²) in [5.74, 6) is -1.84. The molecular weight excluding hydrogens is 324 g/mol. The second kappa shape index (κ2) is 8.91. The Morgan fingerprint density at radius 3 is 2.04 bits per heavy atom. The van der Waals surface area contributed by atoms with E-state index >= 15 is 0 Å². The van der Waals surface area contributed by atoms with Crippen molar-refractivity contribution in [3.8, 4) is 0 Å².